The highest BCUT2D eigenvalue weighted by molar-refractivity contribution is 14.1. The molecule has 0 N–H and O–H groups in total. The van der Waals surface area contributed by atoms with Crippen LogP contribution < -0.4 is 4.74 Å². The molecule has 1 heterocycles. The van der Waals surface area contributed by atoms with Crippen molar-refractivity contribution >= 4 is 22.6 Å². The standard InChI is InChI=1S/C13H18INO/c1-11-3-2-8-15(11)9-10-16-13-6-4-12(14)5-7-13/h4-7,11H,2-3,8-10H2,1H3/t11-/m1/s1. The van der Waals surface area contributed by atoms with Crippen LogP contribution in [0.2, 0.25) is 0 Å². The lowest BCUT2D eigenvalue weighted by molar-refractivity contribution is 0.204. The summed E-state index contributed by atoms with van der Waals surface area (Å²) in [5.41, 5.74) is 0. The third-order valence-corrected chi connectivity index (χ3v) is 3.87. The minimum atomic E-state index is 0.736. The number of hydrogen-bond acceptors (Lipinski definition) is 2. The maximum atomic E-state index is 5.73. The van der Waals surface area contributed by atoms with Crippen molar-refractivity contribution < 1.29 is 4.74 Å². The Hall–Kier alpha value is -0.290. The van der Waals surface area contributed by atoms with Gasteiger partial charge in [0.2, 0.25) is 0 Å². The molecule has 0 aromatic heterocycles. The van der Waals surface area contributed by atoms with Gasteiger partial charge >= 0.3 is 0 Å². The van der Waals surface area contributed by atoms with Crippen molar-refractivity contribution in [3.05, 3.63) is 27.8 Å². The Kier molecular flexibility index (Phi) is 4.46. The molecule has 2 rings (SSSR count). The van der Waals surface area contributed by atoms with Gasteiger partial charge in [0, 0.05) is 16.2 Å². The molecule has 0 aliphatic carbocycles. The highest BCUT2D eigenvalue weighted by Crippen LogP contribution is 2.17. The lowest BCUT2D eigenvalue weighted by Gasteiger charge is -2.20. The van der Waals surface area contributed by atoms with Crippen LogP contribution >= 0.6 is 22.6 Å². The van der Waals surface area contributed by atoms with Crippen molar-refractivity contribution in [1.29, 1.82) is 0 Å². The number of benzene rings is 1. The molecular formula is C13H18INO. The zero-order chi connectivity index (χ0) is 11.4. The predicted octanol–water partition coefficient (Wildman–Crippen LogP) is 3.15. The van der Waals surface area contributed by atoms with Crippen molar-refractivity contribution in [2.24, 2.45) is 0 Å². The van der Waals surface area contributed by atoms with Crippen LogP contribution in [-0.4, -0.2) is 30.6 Å². The maximum Gasteiger partial charge on any atom is 0.119 e. The smallest absolute Gasteiger partial charge is 0.119 e. The van der Waals surface area contributed by atoms with Gasteiger partial charge < -0.3 is 4.74 Å². The van der Waals surface area contributed by atoms with Gasteiger partial charge in [0.15, 0.2) is 0 Å². The number of hydrogen-bond donors (Lipinski definition) is 0. The molecule has 1 aliphatic rings. The summed E-state index contributed by atoms with van der Waals surface area (Å²) in [5.74, 6) is 0.979. The fourth-order valence-electron chi connectivity index (χ4n) is 2.14. The molecule has 3 heteroatoms. The Morgan fingerprint density at radius 1 is 1.38 bits per heavy atom. The minimum absolute atomic E-state index is 0.736. The summed E-state index contributed by atoms with van der Waals surface area (Å²) in [6.45, 7) is 5.38. The molecule has 1 aromatic carbocycles. The van der Waals surface area contributed by atoms with E-state index in [0.29, 0.717) is 0 Å². The second-order valence-corrected chi connectivity index (χ2v) is 5.58. The molecule has 2 nitrogen and oxygen atoms in total. The first-order valence-corrected chi connectivity index (χ1v) is 6.96. The predicted molar refractivity (Wildman–Crippen MR) is 74.9 cm³/mol. The highest BCUT2D eigenvalue weighted by atomic mass is 127. The molecule has 1 aliphatic heterocycles. The van der Waals surface area contributed by atoms with E-state index in [2.05, 4.69) is 46.5 Å². The molecule has 1 saturated heterocycles. The Labute approximate surface area is 111 Å². The SMILES string of the molecule is C[C@@H]1CCCN1CCOc1ccc(I)cc1. The van der Waals surface area contributed by atoms with E-state index in [4.69, 9.17) is 4.74 Å². The number of rotatable bonds is 4. The Bertz CT molecular complexity index is 325. The third kappa shape index (κ3) is 3.35. The van der Waals surface area contributed by atoms with Gasteiger partial charge in [-0.25, -0.2) is 0 Å². The van der Waals surface area contributed by atoms with Crippen molar-refractivity contribution in [2.75, 3.05) is 19.7 Å². The van der Waals surface area contributed by atoms with E-state index in [1.165, 1.54) is 23.0 Å². The third-order valence-electron chi connectivity index (χ3n) is 3.15. The summed E-state index contributed by atoms with van der Waals surface area (Å²) in [5, 5.41) is 0. The quantitative estimate of drug-likeness (QED) is 0.786. The van der Waals surface area contributed by atoms with E-state index >= 15 is 0 Å². The van der Waals surface area contributed by atoms with Gasteiger partial charge in [0.05, 0.1) is 0 Å². The number of likely N-dealkylation sites (tertiary alicyclic amines) is 1. The van der Waals surface area contributed by atoms with Crippen molar-refractivity contribution in [2.45, 2.75) is 25.8 Å². The lowest BCUT2D eigenvalue weighted by Crippen LogP contribution is -2.31. The van der Waals surface area contributed by atoms with Crippen LogP contribution in [-0.2, 0) is 0 Å². The van der Waals surface area contributed by atoms with E-state index in [1.807, 2.05) is 12.1 Å². The van der Waals surface area contributed by atoms with Crippen molar-refractivity contribution in [1.82, 2.24) is 4.90 Å². The number of ether oxygens (including phenoxy) is 1. The molecule has 0 amide bonds. The van der Waals surface area contributed by atoms with Gasteiger partial charge in [-0.3, -0.25) is 4.90 Å². The molecule has 0 bridgehead atoms. The fourth-order valence-corrected chi connectivity index (χ4v) is 2.50. The van der Waals surface area contributed by atoms with E-state index < -0.39 is 0 Å². The van der Waals surface area contributed by atoms with Crippen LogP contribution in [0, 0.1) is 3.57 Å². The van der Waals surface area contributed by atoms with E-state index in [-0.39, 0.29) is 0 Å². The van der Waals surface area contributed by atoms with E-state index in [9.17, 15) is 0 Å². The molecular weight excluding hydrogens is 313 g/mol. The van der Waals surface area contributed by atoms with Gasteiger partial charge in [-0.1, -0.05) is 0 Å². The van der Waals surface area contributed by atoms with Gasteiger partial charge in [-0.15, -0.1) is 0 Å². The first kappa shape index (κ1) is 12.2. The Balaban J connectivity index is 1.73. The summed E-state index contributed by atoms with van der Waals surface area (Å²) in [6, 6.07) is 8.97. The zero-order valence-corrected chi connectivity index (χ0v) is 11.8. The Morgan fingerprint density at radius 3 is 2.75 bits per heavy atom. The molecule has 0 saturated carbocycles. The average molecular weight is 331 g/mol. The van der Waals surface area contributed by atoms with Crippen LogP contribution in [0.3, 0.4) is 0 Å². The summed E-state index contributed by atoms with van der Waals surface area (Å²) >= 11 is 2.30. The summed E-state index contributed by atoms with van der Waals surface area (Å²) < 4.78 is 6.97. The van der Waals surface area contributed by atoms with Crippen LogP contribution in [0.4, 0.5) is 0 Å². The second-order valence-electron chi connectivity index (χ2n) is 4.33. The van der Waals surface area contributed by atoms with Crippen LogP contribution in [0.5, 0.6) is 5.75 Å². The minimum Gasteiger partial charge on any atom is -0.492 e. The first-order valence-electron chi connectivity index (χ1n) is 5.88. The number of nitrogens with zero attached hydrogens (tertiary/aromatic N) is 1. The molecule has 1 fully saturated rings. The summed E-state index contributed by atoms with van der Waals surface area (Å²) in [7, 11) is 0. The second kappa shape index (κ2) is 5.87. The Morgan fingerprint density at radius 2 is 2.12 bits per heavy atom. The molecule has 1 atom stereocenters. The normalized spacial score (nSPS) is 21.2. The van der Waals surface area contributed by atoms with Gasteiger partial charge in [-0.2, -0.15) is 0 Å². The molecule has 0 spiro atoms. The molecule has 0 radical (unpaired) electrons. The zero-order valence-electron chi connectivity index (χ0n) is 9.66. The largest absolute Gasteiger partial charge is 0.492 e. The van der Waals surface area contributed by atoms with Gasteiger partial charge in [0.25, 0.3) is 0 Å². The van der Waals surface area contributed by atoms with Crippen LogP contribution in [0.1, 0.15) is 19.8 Å². The summed E-state index contributed by atoms with van der Waals surface area (Å²) in [4.78, 5) is 2.51. The summed E-state index contributed by atoms with van der Waals surface area (Å²) in [6.07, 6.45) is 2.67. The average Bonchev–Trinajstić information content (AvgIpc) is 2.68. The molecule has 16 heavy (non-hydrogen) atoms. The molecule has 1 aromatic rings. The van der Waals surface area contributed by atoms with Gasteiger partial charge in [-0.05, 0) is 73.2 Å². The topological polar surface area (TPSA) is 12.5 Å². The number of halogens is 1. The maximum absolute atomic E-state index is 5.73. The van der Waals surface area contributed by atoms with Crippen LogP contribution in [0.15, 0.2) is 24.3 Å². The van der Waals surface area contributed by atoms with E-state index in [0.717, 1.165) is 24.9 Å². The molecule has 0 unspecified atom stereocenters. The molecule has 88 valence electrons. The van der Waals surface area contributed by atoms with Crippen LogP contribution in [0.25, 0.3) is 0 Å². The fraction of sp³-hybridized carbons (Fsp3) is 0.538. The van der Waals surface area contributed by atoms with E-state index in [1.54, 1.807) is 0 Å². The first-order chi connectivity index (χ1) is 7.75. The van der Waals surface area contributed by atoms with Crippen molar-refractivity contribution in [3.8, 4) is 5.75 Å². The monoisotopic (exact) mass is 331 g/mol. The van der Waals surface area contributed by atoms with Crippen molar-refractivity contribution in [3.63, 3.8) is 0 Å². The van der Waals surface area contributed by atoms with Gasteiger partial charge in [0.1, 0.15) is 12.4 Å². The highest BCUT2D eigenvalue weighted by Gasteiger charge is 2.19. The lowest BCUT2D eigenvalue weighted by atomic mass is 10.2.